The first-order chi connectivity index (χ1) is 11.4. The molecule has 124 valence electrons. The van der Waals surface area contributed by atoms with Gasteiger partial charge in [0.05, 0.1) is 16.8 Å². The molecule has 0 spiro atoms. The van der Waals surface area contributed by atoms with Gasteiger partial charge in [-0.05, 0) is 35.9 Å². The molecule has 2 aromatic heterocycles. The fraction of sp³-hybridized carbons (Fsp3) is 0.125. The highest BCUT2D eigenvalue weighted by molar-refractivity contribution is 9.10. The minimum Gasteiger partial charge on any atom is -0.275 e. The lowest BCUT2D eigenvalue weighted by Gasteiger charge is -2.07. The fourth-order valence-electron chi connectivity index (χ4n) is 2.13. The molecule has 24 heavy (non-hydrogen) atoms. The van der Waals surface area contributed by atoms with Gasteiger partial charge in [-0.2, -0.15) is 5.10 Å². The van der Waals surface area contributed by atoms with Crippen molar-refractivity contribution in [2.75, 3.05) is 0 Å². The van der Waals surface area contributed by atoms with Crippen molar-refractivity contribution in [3.05, 3.63) is 65.0 Å². The SMILES string of the molecule is Cn1cc(-c2ccc(CNS(=O)(=O)c3ccc(Br)cc3)cn2)cn1. The normalized spacial score (nSPS) is 11.6. The molecule has 0 amide bonds. The molecule has 0 aliphatic rings. The molecule has 3 aromatic rings. The van der Waals surface area contributed by atoms with E-state index < -0.39 is 10.0 Å². The zero-order chi connectivity index (χ0) is 17.2. The zero-order valence-corrected chi connectivity index (χ0v) is 15.3. The average Bonchev–Trinajstić information content (AvgIpc) is 3.00. The second-order valence-corrected chi connectivity index (χ2v) is 7.92. The Morgan fingerprint density at radius 3 is 2.46 bits per heavy atom. The quantitative estimate of drug-likeness (QED) is 0.706. The van der Waals surface area contributed by atoms with Crippen LogP contribution in [0.5, 0.6) is 0 Å². The highest BCUT2D eigenvalue weighted by Gasteiger charge is 2.13. The van der Waals surface area contributed by atoms with Gasteiger partial charge in [-0.15, -0.1) is 0 Å². The standard InChI is InChI=1S/C16H15BrN4O2S/c1-21-11-13(10-19-21)16-7-2-12(8-18-16)9-20-24(22,23)15-5-3-14(17)4-6-15/h2-8,10-11,20H,9H2,1H3. The molecule has 0 saturated carbocycles. The van der Waals surface area contributed by atoms with E-state index in [9.17, 15) is 8.42 Å². The Balaban J connectivity index is 1.69. The number of aromatic nitrogens is 3. The van der Waals surface area contributed by atoms with Gasteiger partial charge in [0.1, 0.15) is 0 Å². The van der Waals surface area contributed by atoms with Crippen LogP contribution in [0, 0.1) is 0 Å². The first kappa shape index (κ1) is 16.8. The molecular formula is C16H15BrN4O2S. The van der Waals surface area contributed by atoms with Crippen LogP contribution in [0.15, 0.2) is 64.4 Å². The van der Waals surface area contributed by atoms with Gasteiger partial charge in [-0.25, -0.2) is 13.1 Å². The van der Waals surface area contributed by atoms with Crippen molar-refractivity contribution in [2.24, 2.45) is 7.05 Å². The molecule has 0 fully saturated rings. The Morgan fingerprint density at radius 1 is 1.12 bits per heavy atom. The van der Waals surface area contributed by atoms with Crippen molar-refractivity contribution in [3.63, 3.8) is 0 Å². The van der Waals surface area contributed by atoms with Crippen molar-refractivity contribution in [1.82, 2.24) is 19.5 Å². The van der Waals surface area contributed by atoms with Crippen molar-refractivity contribution in [2.45, 2.75) is 11.4 Å². The monoisotopic (exact) mass is 406 g/mol. The number of benzene rings is 1. The molecule has 1 aromatic carbocycles. The number of hydrogen-bond donors (Lipinski definition) is 1. The number of nitrogens with zero attached hydrogens (tertiary/aromatic N) is 3. The van der Waals surface area contributed by atoms with E-state index in [0.29, 0.717) is 0 Å². The number of hydrogen-bond acceptors (Lipinski definition) is 4. The minimum atomic E-state index is -3.55. The summed E-state index contributed by atoms with van der Waals surface area (Å²) in [6.07, 6.45) is 5.27. The minimum absolute atomic E-state index is 0.179. The second kappa shape index (κ2) is 6.84. The molecule has 0 atom stereocenters. The predicted molar refractivity (Wildman–Crippen MR) is 94.6 cm³/mol. The first-order valence-corrected chi connectivity index (χ1v) is 9.41. The maximum Gasteiger partial charge on any atom is 0.240 e. The second-order valence-electron chi connectivity index (χ2n) is 5.23. The van der Waals surface area contributed by atoms with Crippen LogP contribution in [0.3, 0.4) is 0 Å². The predicted octanol–water partition coefficient (Wildman–Crippen LogP) is 2.72. The van der Waals surface area contributed by atoms with E-state index >= 15 is 0 Å². The number of pyridine rings is 1. The number of aryl methyl sites for hydroxylation is 1. The molecule has 1 N–H and O–H groups in total. The van der Waals surface area contributed by atoms with E-state index in [-0.39, 0.29) is 11.4 Å². The summed E-state index contributed by atoms with van der Waals surface area (Å²) in [6, 6.07) is 10.2. The smallest absolute Gasteiger partial charge is 0.240 e. The molecule has 0 bridgehead atoms. The average molecular weight is 407 g/mol. The Bertz CT molecular complexity index is 935. The maximum absolute atomic E-state index is 12.3. The Hall–Kier alpha value is -2.03. The summed E-state index contributed by atoms with van der Waals surface area (Å²) in [5.74, 6) is 0. The van der Waals surface area contributed by atoms with Crippen LogP contribution < -0.4 is 4.72 Å². The molecule has 6 nitrogen and oxygen atoms in total. The topological polar surface area (TPSA) is 76.9 Å². The molecule has 3 rings (SSSR count). The van der Waals surface area contributed by atoms with E-state index in [1.165, 1.54) is 0 Å². The number of sulfonamides is 1. The van der Waals surface area contributed by atoms with Crippen LogP contribution in [0.2, 0.25) is 0 Å². The van der Waals surface area contributed by atoms with Crippen LogP contribution >= 0.6 is 15.9 Å². The van der Waals surface area contributed by atoms with E-state index in [2.05, 4.69) is 30.7 Å². The fourth-order valence-corrected chi connectivity index (χ4v) is 3.41. The number of halogens is 1. The molecule has 0 saturated heterocycles. The Labute approximate surface area is 148 Å². The molecule has 0 aliphatic carbocycles. The third kappa shape index (κ3) is 3.89. The van der Waals surface area contributed by atoms with Gasteiger partial charge in [0.15, 0.2) is 0 Å². The van der Waals surface area contributed by atoms with Crippen molar-refractivity contribution >= 4 is 26.0 Å². The van der Waals surface area contributed by atoms with Crippen LogP contribution in [-0.4, -0.2) is 23.2 Å². The van der Waals surface area contributed by atoms with E-state index in [4.69, 9.17) is 0 Å². The van der Waals surface area contributed by atoms with Gasteiger partial charge in [-0.1, -0.05) is 22.0 Å². The van der Waals surface area contributed by atoms with Crippen molar-refractivity contribution in [1.29, 1.82) is 0 Å². The largest absolute Gasteiger partial charge is 0.275 e. The molecule has 0 aliphatic heterocycles. The summed E-state index contributed by atoms with van der Waals surface area (Å²) in [7, 11) is -1.70. The maximum atomic E-state index is 12.3. The highest BCUT2D eigenvalue weighted by atomic mass is 79.9. The molecule has 2 heterocycles. The third-order valence-electron chi connectivity index (χ3n) is 3.42. The van der Waals surface area contributed by atoms with Gasteiger partial charge in [-0.3, -0.25) is 9.67 Å². The molecule has 0 unspecified atom stereocenters. The van der Waals surface area contributed by atoms with Crippen molar-refractivity contribution in [3.8, 4) is 11.3 Å². The number of nitrogens with one attached hydrogen (secondary N) is 1. The van der Waals surface area contributed by atoms with E-state index in [0.717, 1.165) is 21.3 Å². The van der Waals surface area contributed by atoms with Gasteiger partial charge in [0, 0.05) is 36.0 Å². The van der Waals surface area contributed by atoms with Gasteiger partial charge in [0.25, 0.3) is 0 Å². The lowest BCUT2D eigenvalue weighted by atomic mass is 10.2. The van der Waals surface area contributed by atoms with Gasteiger partial charge < -0.3 is 0 Å². The summed E-state index contributed by atoms with van der Waals surface area (Å²) in [5, 5.41) is 4.11. The third-order valence-corrected chi connectivity index (χ3v) is 5.36. The zero-order valence-electron chi connectivity index (χ0n) is 12.8. The Morgan fingerprint density at radius 2 is 1.88 bits per heavy atom. The highest BCUT2D eigenvalue weighted by Crippen LogP contribution is 2.17. The van der Waals surface area contributed by atoms with Crippen molar-refractivity contribution < 1.29 is 8.42 Å². The molecule has 0 radical (unpaired) electrons. The van der Waals surface area contributed by atoms with E-state index in [1.54, 1.807) is 41.3 Å². The summed E-state index contributed by atoms with van der Waals surface area (Å²) in [4.78, 5) is 4.58. The van der Waals surface area contributed by atoms with Crippen LogP contribution in [-0.2, 0) is 23.6 Å². The van der Waals surface area contributed by atoms with Crippen LogP contribution in [0.25, 0.3) is 11.3 Å². The van der Waals surface area contributed by atoms with E-state index in [1.807, 2.05) is 25.4 Å². The lowest BCUT2D eigenvalue weighted by Crippen LogP contribution is -2.23. The molecular weight excluding hydrogens is 392 g/mol. The summed E-state index contributed by atoms with van der Waals surface area (Å²) in [6.45, 7) is 0.179. The summed E-state index contributed by atoms with van der Waals surface area (Å²) < 4.78 is 29.6. The molecule has 8 heteroatoms. The summed E-state index contributed by atoms with van der Waals surface area (Å²) in [5.41, 5.74) is 2.49. The lowest BCUT2D eigenvalue weighted by molar-refractivity contribution is 0.581. The first-order valence-electron chi connectivity index (χ1n) is 7.13. The van der Waals surface area contributed by atoms with Crippen LogP contribution in [0.4, 0.5) is 0 Å². The van der Waals surface area contributed by atoms with Gasteiger partial charge >= 0.3 is 0 Å². The van der Waals surface area contributed by atoms with Gasteiger partial charge in [0.2, 0.25) is 10.0 Å². The summed E-state index contributed by atoms with van der Waals surface area (Å²) >= 11 is 3.29. The number of rotatable bonds is 5. The van der Waals surface area contributed by atoms with Crippen LogP contribution in [0.1, 0.15) is 5.56 Å². The Kier molecular flexibility index (Phi) is 4.79.